The van der Waals surface area contributed by atoms with Crippen molar-refractivity contribution in [2.75, 3.05) is 23.8 Å². The zero-order valence-electron chi connectivity index (χ0n) is 8.79. The molecule has 0 saturated heterocycles. The predicted molar refractivity (Wildman–Crippen MR) is 58.2 cm³/mol. The average molecular weight is 228 g/mol. The smallest absolute Gasteiger partial charge is 0.151 e. The number of aliphatic hydroxyl groups excluding tert-OH is 1. The summed E-state index contributed by atoms with van der Waals surface area (Å²) in [4.78, 5) is 1.77. The van der Waals surface area contributed by atoms with Crippen LogP contribution < -0.4 is 10.6 Å². The van der Waals surface area contributed by atoms with Gasteiger partial charge in [0.05, 0.1) is 18.0 Å². The highest BCUT2D eigenvalue weighted by Crippen LogP contribution is 2.35. The molecule has 1 aromatic rings. The molecule has 0 radical (unpaired) electrons. The number of hydrogen-bond acceptors (Lipinski definition) is 3. The van der Waals surface area contributed by atoms with Gasteiger partial charge in [-0.2, -0.15) is 0 Å². The maximum atomic E-state index is 13.3. The van der Waals surface area contributed by atoms with Crippen molar-refractivity contribution in [1.29, 1.82) is 0 Å². The van der Waals surface area contributed by atoms with Gasteiger partial charge in [0.2, 0.25) is 0 Å². The van der Waals surface area contributed by atoms with Crippen molar-refractivity contribution < 1.29 is 13.9 Å². The van der Waals surface area contributed by atoms with Crippen molar-refractivity contribution >= 4 is 11.4 Å². The molecule has 16 heavy (non-hydrogen) atoms. The lowest BCUT2D eigenvalue weighted by molar-refractivity contribution is 0.301. The van der Waals surface area contributed by atoms with Crippen molar-refractivity contribution in [3.8, 4) is 0 Å². The van der Waals surface area contributed by atoms with Crippen LogP contribution in [0.25, 0.3) is 0 Å². The molecular formula is C11H14F2N2O. The second kappa shape index (κ2) is 4.25. The van der Waals surface area contributed by atoms with E-state index in [1.807, 2.05) is 0 Å². The van der Waals surface area contributed by atoms with Crippen molar-refractivity contribution in [3.05, 3.63) is 23.8 Å². The van der Waals surface area contributed by atoms with E-state index in [2.05, 4.69) is 0 Å². The van der Waals surface area contributed by atoms with E-state index in [1.165, 1.54) is 6.07 Å². The fourth-order valence-electron chi connectivity index (χ4n) is 1.80. The van der Waals surface area contributed by atoms with Gasteiger partial charge in [0, 0.05) is 18.7 Å². The standard InChI is InChI=1S/C11H14F2N2O/c12-7-5-9(13)11(14)10(6-7)15(3-4-16)8-1-2-8/h5-6,8,16H,1-4,14H2. The Bertz CT molecular complexity index is 394. The molecular weight excluding hydrogens is 214 g/mol. The summed E-state index contributed by atoms with van der Waals surface area (Å²) in [6.07, 6.45) is 1.94. The van der Waals surface area contributed by atoms with Gasteiger partial charge in [0.15, 0.2) is 5.82 Å². The van der Waals surface area contributed by atoms with Crippen LogP contribution in [0.15, 0.2) is 12.1 Å². The van der Waals surface area contributed by atoms with Crippen molar-refractivity contribution in [2.24, 2.45) is 0 Å². The highest BCUT2D eigenvalue weighted by molar-refractivity contribution is 5.69. The lowest BCUT2D eigenvalue weighted by Gasteiger charge is -2.25. The summed E-state index contributed by atoms with van der Waals surface area (Å²) in [5.74, 6) is -1.40. The Kier molecular flexibility index (Phi) is 2.96. The zero-order valence-corrected chi connectivity index (χ0v) is 8.79. The Labute approximate surface area is 92.5 Å². The van der Waals surface area contributed by atoms with Gasteiger partial charge in [-0.05, 0) is 18.9 Å². The lowest BCUT2D eigenvalue weighted by Crippen LogP contribution is -2.30. The third kappa shape index (κ3) is 2.09. The van der Waals surface area contributed by atoms with Crippen LogP contribution in [0.2, 0.25) is 0 Å². The zero-order chi connectivity index (χ0) is 11.7. The first-order valence-electron chi connectivity index (χ1n) is 5.25. The third-order valence-electron chi connectivity index (χ3n) is 2.71. The number of nitrogens with two attached hydrogens (primary N) is 1. The molecule has 5 heteroatoms. The van der Waals surface area contributed by atoms with Gasteiger partial charge in [0.1, 0.15) is 5.82 Å². The summed E-state index contributed by atoms with van der Waals surface area (Å²) in [5.41, 5.74) is 5.87. The number of halogens is 2. The molecule has 0 heterocycles. The van der Waals surface area contributed by atoms with E-state index in [4.69, 9.17) is 10.8 Å². The number of rotatable bonds is 4. The van der Waals surface area contributed by atoms with Gasteiger partial charge in [0.25, 0.3) is 0 Å². The van der Waals surface area contributed by atoms with E-state index in [0.29, 0.717) is 12.2 Å². The largest absolute Gasteiger partial charge is 0.395 e. The fraction of sp³-hybridized carbons (Fsp3) is 0.455. The Morgan fingerprint density at radius 3 is 2.62 bits per heavy atom. The van der Waals surface area contributed by atoms with E-state index in [9.17, 15) is 8.78 Å². The van der Waals surface area contributed by atoms with Gasteiger partial charge >= 0.3 is 0 Å². The Morgan fingerprint density at radius 2 is 2.06 bits per heavy atom. The molecule has 1 fully saturated rings. The molecule has 0 atom stereocenters. The number of nitrogens with zero attached hydrogens (tertiary/aromatic N) is 1. The predicted octanol–water partition coefficient (Wildman–Crippen LogP) is 1.51. The number of anilines is 2. The maximum Gasteiger partial charge on any atom is 0.151 e. The molecule has 1 aliphatic carbocycles. The molecule has 2 rings (SSSR count). The fourth-order valence-corrected chi connectivity index (χ4v) is 1.80. The van der Waals surface area contributed by atoms with Crippen molar-refractivity contribution in [2.45, 2.75) is 18.9 Å². The van der Waals surface area contributed by atoms with Gasteiger partial charge in [-0.3, -0.25) is 0 Å². The SMILES string of the molecule is Nc1c(F)cc(F)cc1N(CCO)C1CC1. The average Bonchev–Trinajstić information content (AvgIpc) is 3.04. The summed E-state index contributed by atoms with van der Waals surface area (Å²) in [5, 5.41) is 8.93. The quantitative estimate of drug-likeness (QED) is 0.768. The van der Waals surface area contributed by atoms with Crippen molar-refractivity contribution in [3.63, 3.8) is 0 Å². The first-order chi connectivity index (χ1) is 7.63. The highest BCUT2D eigenvalue weighted by atomic mass is 19.1. The topological polar surface area (TPSA) is 49.5 Å². The molecule has 0 amide bonds. The van der Waals surface area contributed by atoms with E-state index < -0.39 is 11.6 Å². The molecule has 0 unspecified atom stereocenters. The Morgan fingerprint density at radius 1 is 1.38 bits per heavy atom. The van der Waals surface area contributed by atoms with Crippen LogP contribution in [0.4, 0.5) is 20.2 Å². The van der Waals surface area contributed by atoms with Gasteiger partial charge < -0.3 is 15.7 Å². The minimum atomic E-state index is -0.751. The summed E-state index contributed by atoms with van der Waals surface area (Å²) >= 11 is 0. The molecule has 0 aliphatic heterocycles. The van der Waals surface area contributed by atoms with Crippen LogP contribution >= 0.6 is 0 Å². The van der Waals surface area contributed by atoms with Crippen LogP contribution in [-0.4, -0.2) is 24.3 Å². The van der Waals surface area contributed by atoms with Gasteiger partial charge in [-0.25, -0.2) is 8.78 Å². The molecule has 0 bridgehead atoms. The van der Waals surface area contributed by atoms with Crippen LogP contribution in [0, 0.1) is 11.6 Å². The number of hydrogen-bond donors (Lipinski definition) is 2. The molecule has 3 N–H and O–H groups in total. The minimum Gasteiger partial charge on any atom is -0.395 e. The summed E-state index contributed by atoms with van der Waals surface area (Å²) in [6.45, 7) is 0.284. The maximum absolute atomic E-state index is 13.3. The summed E-state index contributed by atoms with van der Waals surface area (Å²) < 4.78 is 26.4. The Hall–Kier alpha value is -1.36. The molecule has 3 nitrogen and oxygen atoms in total. The Balaban J connectivity index is 2.35. The first-order valence-corrected chi connectivity index (χ1v) is 5.25. The van der Waals surface area contributed by atoms with Gasteiger partial charge in [-0.15, -0.1) is 0 Å². The summed E-state index contributed by atoms with van der Waals surface area (Å²) in [6, 6.07) is 2.23. The highest BCUT2D eigenvalue weighted by Gasteiger charge is 2.30. The first kappa shape index (κ1) is 11.1. The number of benzene rings is 1. The minimum absolute atomic E-state index is 0.0539. The van der Waals surface area contributed by atoms with Crippen LogP contribution in [0.5, 0.6) is 0 Å². The second-order valence-electron chi connectivity index (χ2n) is 3.97. The monoisotopic (exact) mass is 228 g/mol. The third-order valence-corrected chi connectivity index (χ3v) is 2.71. The molecule has 0 aromatic heterocycles. The lowest BCUT2D eigenvalue weighted by atomic mass is 10.2. The van der Waals surface area contributed by atoms with Gasteiger partial charge in [-0.1, -0.05) is 0 Å². The molecule has 1 aliphatic rings. The van der Waals surface area contributed by atoms with Crippen LogP contribution in [0.1, 0.15) is 12.8 Å². The van der Waals surface area contributed by atoms with Crippen LogP contribution in [-0.2, 0) is 0 Å². The van der Waals surface area contributed by atoms with Crippen LogP contribution in [0.3, 0.4) is 0 Å². The summed E-state index contributed by atoms with van der Waals surface area (Å²) in [7, 11) is 0. The molecule has 1 saturated carbocycles. The number of aliphatic hydroxyl groups is 1. The van der Waals surface area contributed by atoms with E-state index in [1.54, 1.807) is 4.90 Å². The molecule has 0 spiro atoms. The van der Waals surface area contributed by atoms with E-state index in [-0.39, 0.29) is 18.3 Å². The molecule has 88 valence electrons. The van der Waals surface area contributed by atoms with E-state index >= 15 is 0 Å². The second-order valence-corrected chi connectivity index (χ2v) is 3.97. The normalized spacial score (nSPS) is 15.2. The van der Waals surface area contributed by atoms with E-state index in [0.717, 1.165) is 18.9 Å². The molecule has 1 aromatic carbocycles. The van der Waals surface area contributed by atoms with Crippen molar-refractivity contribution in [1.82, 2.24) is 0 Å². The number of nitrogen functional groups attached to an aromatic ring is 1.